The van der Waals surface area contributed by atoms with Gasteiger partial charge >= 0.3 is 0 Å². The number of aryl methyl sites for hydroxylation is 2. The van der Waals surface area contributed by atoms with Crippen molar-refractivity contribution in [1.82, 2.24) is 24.3 Å². The Morgan fingerprint density at radius 2 is 1.67 bits per heavy atom. The van der Waals surface area contributed by atoms with Crippen molar-refractivity contribution in [3.63, 3.8) is 0 Å². The molecule has 1 aliphatic heterocycles. The molecule has 33 heavy (non-hydrogen) atoms. The smallest absolute Gasteiger partial charge is 0.138 e. The van der Waals surface area contributed by atoms with Crippen molar-refractivity contribution in [1.29, 1.82) is 0 Å². The fourth-order valence-corrected chi connectivity index (χ4v) is 4.56. The summed E-state index contributed by atoms with van der Waals surface area (Å²) >= 11 is 0. The van der Waals surface area contributed by atoms with Crippen molar-refractivity contribution >= 4 is 5.65 Å². The topological polar surface area (TPSA) is 46.3 Å². The van der Waals surface area contributed by atoms with Crippen LogP contribution >= 0.6 is 0 Å². The molecule has 0 unspecified atom stereocenters. The second-order valence-corrected chi connectivity index (χ2v) is 8.88. The van der Waals surface area contributed by atoms with Gasteiger partial charge in [0, 0.05) is 18.0 Å². The predicted molar refractivity (Wildman–Crippen MR) is 136 cm³/mol. The minimum absolute atomic E-state index is 0.758. The Labute approximate surface area is 197 Å². The molecule has 0 spiro atoms. The van der Waals surface area contributed by atoms with E-state index in [-0.39, 0.29) is 0 Å². The van der Waals surface area contributed by atoms with E-state index in [2.05, 4.69) is 70.9 Å². The minimum Gasteiger partial charge on any atom is -0.306 e. The first-order valence-electron chi connectivity index (χ1n) is 12.1. The van der Waals surface area contributed by atoms with Crippen molar-refractivity contribution < 1.29 is 0 Å². The number of fused-ring (bicyclic) bond motifs is 1. The molecule has 0 saturated carbocycles. The van der Waals surface area contributed by atoms with Crippen LogP contribution < -0.4 is 0 Å². The van der Waals surface area contributed by atoms with Gasteiger partial charge in [-0.05, 0) is 82.9 Å². The number of benzene rings is 1. The van der Waals surface area contributed by atoms with Crippen molar-refractivity contribution in [2.24, 2.45) is 5.92 Å². The molecule has 5 rings (SSSR count). The van der Waals surface area contributed by atoms with Gasteiger partial charge in [-0.2, -0.15) is 0 Å². The molecule has 4 heterocycles. The molecule has 0 N–H and O–H groups in total. The fourth-order valence-electron chi connectivity index (χ4n) is 4.56. The lowest BCUT2D eigenvalue weighted by atomic mass is 9.91. The van der Waals surface area contributed by atoms with E-state index in [1.807, 2.05) is 33.0 Å². The zero-order valence-corrected chi connectivity index (χ0v) is 20.5. The number of pyridine rings is 1. The van der Waals surface area contributed by atoms with Gasteiger partial charge in [-0.1, -0.05) is 43.7 Å². The second kappa shape index (κ2) is 10.3. The molecule has 3 aromatic heterocycles. The Kier molecular flexibility index (Phi) is 7.19. The van der Waals surface area contributed by atoms with Crippen LogP contribution in [0.5, 0.6) is 0 Å². The summed E-state index contributed by atoms with van der Waals surface area (Å²) in [5.41, 5.74) is 7.59. The van der Waals surface area contributed by atoms with Crippen molar-refractivity contribution in [3.05, 3.63) is 71.8 Å². The largest absolute Gasteiger partial charge is 0.306 e. The molecule has 1 aliphatic rings. The van der Waals surface area contributed by atoms with Crippen molar-refractivity contribution in [2.75, 3.05) is 20.1 Å². The van der Waals surface area contributed by atoms with Gasteiger partial charge in [0.15, 0.2) is 0 Å². The van der Waals surface area contributed by atoms with Crippen molar-refractivity contribution in [3.8, 4) is 22.6 Å². The summed E-state index contributed by atoms with van der Waals surface area (Å²) in [5, 5.41) is 0. The third-order valence-electron chi connectivity index (χ3n) is 6.40. The molecular weight excluding hydrogens is 406 g/mol. The van der Waals surface area contributed by atoms with Crippen LogP contribution in [0, 0.1) is 19.8 Å². The molecule has 5 nitrogen and oxygen atoms in total. The van der Waals surface area contributed by atoms with Gasteiger partial charge < -0.3 is 4.90 Å². The first-order valence-corrected chi connectivity index (χ1v) is 12.1. The Balaban J connectivity index is 0.00000126. The van der Waals surface area contributed by atoms with Crippen LogP contribution in [0.15, 0.2) is 54.9 Å². The highest BCUT2D eigenvalue weighted by Gasteiger charge is 2.20. The van der Waals surface area contributed by atoms with Crippen LogP contribution in [0.25, 0.3) is 28.3 Å². The monoisotopic (exact) mass is 441 g/mol. The zero-order valence-electron chi connectivity index (χ0n) is 20.5. The SMILES string of the molecule is CC.Cc1ccc(-c2nc3cc(CC4CCN(C)CC4)ccn3c2-c2ccnc(C)n2)cc1. The number of imidazole rings is 1. The molecule has 0 aliphatic carbocycles. The van der Waals surface area contributed by atoms with Crippen LogP contribution in [0.4, 0.5) is 0 Å². The number of aromatic nitrogens is 4. The molecule has 5 heteroatoms. The van der Waals surface area contributed by atoms with E-state index in [1.54, 1.807) is 0 Å². The molecule has 0 amide bonds. The van der Waals surface area contributed by atoms with E-state index in [9.17, 15) is 0 Å². The quantitative estimate of drug-likeness (QED) is 0.390. The van der Waals surface area contributed by atoms with Crippen molar-refractivity contribution in [2.45, 2.75) is 47.0 Å². The number of nitrogens with zero attached hydrogens (tertiary/aromatic N) is 5. The van der Waals surface area contributed by atoms with Crippen LogP contribution in [0.3, 0.4) is 0 Å². The first-order chi connectivity index (χ1) is 16.1. The Morgan fingerprint density at radius 3 is 2.36 bits per heavy atom. The number of piperidine rings is 1. The summed E-state index contributed by atoms with van der Waals surface area (Å²) in [5.74, 6) is 1.52. The third-order valence-corrected chi connectivity index (χ3v) is 6.40. The van der Waals surface area contributed by atoms with Gasteiger partial charge in [-0.3, -0.25) is 4.40 Å². The maximum absolute atomic E-state index is 5.08. The predicted octanol–water partition coefficient (Wildman–Crippen LogP) is 5.99. The van der Waals surface area contributed by atoms with Gasteiger partial charge in [0.25, 0.3) is 0 Å². The van der Waals surface area contributed by atoms with E-state index in [0.29, 0.717) is 0 Å². The van der Waals surface area contributed by atoms with Crippen LogP contribution in [0.1, 0.15) is 43.6 Å². The Bertz CT molecular complexity index is 1200. The van der Waals surface area contributed by atoms with Gasteiger partial charge in [-0.15, -0.1) is 0 Å². The standard InChI is InChI=1S/C26H29N5.C2H6/c1-18-4-6-22(7-5-18)25-26(23-8-12-27-19(2)28-23)31-15-11-21(17-24(31)29-25)16-20-9-13-30(3)14-10-20;1-2/h4-8,11-12,15,17,20H,9-10,13-14,16H2,1-3H3;1-2H3. The van der Waals surface area contributed by atoms with E-state index in [1.165, 1.54) is 37.1 Å². The number of hydrogen-bond acceptors (Lipinski definition) is 4. The Hall–Kier alpha value is -3.05. The van der Waals surface area contributed by atoms with Gasteiger partial charge in [0.1, 0.15) is 11.5 Å². The van der Waals surface area contributed by atoms with E-state index in [0.717, 1.165) is 46.5 Å². The van der Waals surface area contributed by atoms with Crippen LogP contribution in [0.2, 0.25) is 0 Å². The summed E-state index contributed by atoms with van der Waals surface area (Å²) in [7, 11) is 2.22. The van der Waals surface area contributed by atoms with E-state index < -0.39 is 0 Å². The zero-order chi connectivity index (χ0) is 23.4. The molecule has 1 saturated heterocycles. The fraction of sp³-hybridized carbons (Fsp3) is 0.393. The number of likely N-dealkylation sites (tertiary alicyclic amines) is 1. The average molecular weight is 442 g/mol. The molecule has 0 bridgehead atoms. The first kappa shape index (κ1) is 23.1. The highest BCUT2D eigenvalue weighted by atomic mass is 15.1. The maximum Gasteiger partial charge on any atom is 0.138 e. The Morgan fingerprint density at radius 1 is 0.939 bits per heavy atom. The maximum atomic E-state index is 5.08. The molecule has 4 aromatic rings. The summed E-state index contributed by atoms with van der Waals surface area (Å²) in [4.78, 5) is 16.5. The average Bonchev–Trinajstić information content (AvgIpc) is 3.21. The van der Waals surface area contributed by atoms with Gasteiger partial charge in [0.2, 0.25) is 0 Å². The van der Waals surface area contributed by atoms with E-state index >= 15 is 0 Å². The van der Waals surface area contributed by atoms with Crippen LogP contribution in [-0.2, 0) is 6.42 Å². The molecule has 0 radical (unpaired) electrons. The lowest BCUT2D eigenvalue weighted by molar-refractivity contribution is 0.219. The molecular formula is C28H35N5. The minimum atomic E-state index is 0.758. The molecule has 1 aromatic carbocycles. The lowest BCUT2D eigenvalue weighted by Crippen LogP contribution is -2.30. The summed E-state index contributed by atoms with van der Waals surface area (Å²) < 4.78 is 2.18. The highest BCUT2D eigenvalue weighted by Crippen LogP contribution is 2.32. The number of rotatable bonds is 4. The van der Waals surface area contributed by atoms with Gasteiger partial charge in [0.05, 0.1) is 17.1 Å². The molecule has 172 valence electrons. The molecule has 0 atom stereocenters. The van der Waals surface area contributed by atoms with Crippen LogP contribution in [-0.4, -0.2) is 44.4 Å². The second-order valence-electron chi connectivity index (χ2n) is 8.88. The highest BCUT2D eigenvalue weighted by molar-refractivity contribution is 5.80. The summed E-state index contributed by atoms with van der Waals surface area (Å²) in [6.45, 7) is 10.4. The normalized spacial score (nSPS) is 14.8. The van der Waals surface area contributed by atoms with Gasteiger partial charge in [-0.25, -0.2) is 15.0 Å². The van der Waals surface area contributed by atoms with E-state index in [4.69, 9.17) is 9.97 Å². The number of hydrogen-bond donors (Lipinski definition) is 0. The summed E-state index contributed by atoms with van der Waals surface area (Å²) in [6.07, 6.45) is 7.66. The lowest BCUT2D eigenvalue weighted by Gasteiger charge is -2.28. The summed E-state index contributed by atoms with van der Waals surface area (Å²) in [6, 6.07) is 15.1. The molecule has 1 fully saturated rings. The third kappa shape index (κ3) is 5.14.